The lowest BCUT2D eigenvalue weighted by Gasteiger charge is -2.03. The van der Waals surface area contributed by atoms with Crippen molar-refractivity contribution in [1.29, 1.82) is 0 Å². The summed E-state index contributed by atoms with van der Waals surface area (Å²) in [6.45, 7) is 0. The first-order chi connectivity index (χ1) is 7.27. The summed E-state index contributed by atoms with van der Waals surface area (Å²) in [5, 5.41) is 0. The molecule has 0 aliphatic rings. The fraction of sp³-hybridized carbons (Fsp3) is 0. The summed E-state index contributed by atoms with van der Waals surface area (Å²) in [6, 6.07) is 3.00. The molecule has 0 bridgehead atoms. The molecule has 2 heterocycles. The zero-order valence-corrected chi connectivity index (χ0v) is 9.02. The third kappa shape index (κ3) is 2.24. The quantitative estimate of drug-likeness (QED) is 0.784. The van der Waals surface area contributed by atoms with Crippen molar-refractivity contribution in [3.05, 3.63) is 47.1 Å². The summed E-state index contributed by atoms with van der Waals surface area (Å²) in [5.41, 5.74) is 0.360. The predicted octanol–water partition coefficient (Wildman–Crippen LogP) is 2.46. The average Bonchev–Trinajstić information content (AvgIpc) is 2.74. The molecular formula is C10H5BrNO3. The van der Waals surface area contributed by atoms with E-state index in [9.17, 15) is 4.79 Å². The molecule has 0 aromatic carbocycles. The molecule has 0 N–H and O–H groups in total. The van der Waals surface area contributed by atoms with Crippen LogP contribution < -0.4 is 4.74 Å². The van der Waals surface area contributed by atoms with Gasteiger partial charge in [-0.05, 0) is 22.0 Å². The van der Waals surface area contributed by atoms with Gasteiger partial charge in [-0.15, -0.1) is 0 Å². The molecule has 0 saturated carbocycles. The van der Waals surface area contributed by atoms with Crippen LogP contribution >= 0.6 is 15.9 Å². The molecule has 0 saturated heterocycles. The number of esters is 1. The number of hydrogen-bond donors (Lipinski definition) is 0. The average molecular weight is 267 g/mol. The van der Waals surface area contributed by atoms with Gasteiger partial charge >= 0.3 is 5.97 Å². The lowest BCUT2D eigenvalue weighted by Crippen LogP contribution is -2.07. The van der Waals surface area contributed by atoms with Crippen molar-refractivity contribution in [1.82, 2.24) is 4.98 Å². The molecule has 0 spiro atoms. The van der Waals surface area contributed by atoms with E-state index in [2.05, 4.69) is 27.1 Å². The van der Waals surface area contributed by atoms with E-state index in [-0.39, 0.29) is 0 Å². The van der Waals surface area contributed by atoms with E-state index in [0.717, 1.165) is 0 Å². The number of hydrogen-bond acceptors (Lipinski definition) is 4. The topological polar surface area (TPSA) is 52.3 Å². The first-order valence-electron chi connectivity index (χ1n) is 4.03. The summed E-state index contributed by atoms with van der Waals surface area (Å²) in [7, 11) is 0. The van der Waals surface area contributed by atoms with E-state index in [0.29, 0.717) is 15.8 Å². The highest BCUT2D eigenvalue weighted by molar-refractivity contribution is 9.10. The van der Waals surface area contributed by atoms with E-state index < -0.39 is 5.97 Å². The van der Waals surface area contributed by atoms with Gasteiger partial charge in [0.25, 0.3) is 0 Å². The van der Waals surface area contributed by atoms with E-state index in [1.807, 2.05) is 0 Å². The fourth-order valence-corrected chi connectivity index (χ4v) is 1.24. The Morgan fingerprint density at radius 2 is 2.47 bits per heavy atom. The number of halogens is 1. The summed E-state index contributed by atoms with van der Waals surface area (Å²) in [6.07, 6.45) is 6.80. The standard InChI is InChI=1S/C10H5BrNO3/c11-8-5-12-3-1-9(8)15-10(13)7-2-4-14-6-7/h1-2,4-6H. The minimum atomic E-state index is -0.482. The van der Waals surface area contributed by atoms with Crippen molar-refractivity contribution in [3.8, 4) is 5.75 Å². The van der Waals surface area contributed by atoms with Gasteiger partial charge in [-0.2, -0.15) is 0 Å². The maximum Gasteiger partial charge on any atom is 0.346 e. The van der Waals surface area contributed by atoms with Gasteiger partial charge in [-0.25, -0.2) is 4.79 Å². The van der Waals surface area contributed by atoms with Gasteiger partial charge in [0.05, 0.1) is 22.5 Å². The Morgan fingerprint density at radius 3 is 3.13 bits per heavy atom. The van der Waals surface area contributed by atoms with E-state index in [1.54, 1.807) is 0 Å². The summed E-state index contributed by atoms with van der Waals surface area (Å²) >= 11 is 3.20. The van der Waals surface area contributed by atoms with Crippen LogP contribution in [-0.2, 0) is 0 Å². The maximum absolute atomic E-state index is 11.5. The predicted molar refractivity (Wildman–Crippen MR) is 54.4 cm³/mol. The highest BCUT2D eigenvalue weighted by atomic mass is 79.9. The third-order valence-electron chi connectivity index (χ3n) is 1.64. The molecule has 75 valence electrons. The molecular weight excluding hydrogens is 262 g/mol. The monoisotopic (exact) mass is 266 g/mol. The van der Waals surface area contributed by atoms with Crippen LogP contribution in [0.1, 0.15) is 10.4 Å². The van der Waals surface area contributed by atoms with Crippen LogP contribution in [0.2, 0.25) is 0 Å². The number of furan rings is 1. The highest BCUT2D eigenvalue weighted by Gasteiger charge is 2.11. The Balaban J connectivity index is 2.17. The molecule has 2 aromatic heterocycles. The number of aromatic nitrogens is 1. The minimum Gasteiger partial charge on any atom is -0.472 e. The Labute approximate surface area is 94.0 Å². The van der Waals surface area contributed by atoms with E-state index >= 15 is 0 Å². The zero-order valence-electron chi connectivity index (χ0n) is 7.44. The van der Waals surface area contributed by atoms with Crippen LogP contribution in [0.5, 0.6) is 5.75 Å². The van der Waals surface area contributed by atoms with Crippen molar-refractivity contribution in [2.24, 2.45) is 0 Å². The van der Waals surface area contributed by atoms with Crippen molar-refractivity contribution in [2.75, 3.05) is 0 Å². The smallest absolute Gasteiger partial charge is 0.346 e. The first-order valence-corrected chi connectivity index (χ1v) is 4.82. The van der Waals surface area contributed by atoms with Crippen molar-refractivity contribution in [2.45, 2.75) is 0 Å². The minimum absolute atomic E-state index is 0.360. The van der Waals surface area contributed by atoms with Crippen LogP contribution in [0.3, 0.4) is 0 Å². The molecule has 0 fully saturated rings. The van der Waals surface area contributed by atoms with Crippen LogP contribution in [0.15, 0.2) is 39.7 Å². The highest BCUT2D eigenvalue weighted by Crippen LogP contribution is 2.23. The molecule has 0 amide bonds. The second-order valence-electron chi connectivity index (χ2n) is 2.65. The third-order valence-corrected chi connectivity index (χ3v) is 2.24. The maximum atomic E-state index is 11.5. The van der Waals surface area contributed by atoms with Gasteiger partial charge in [0.1, 0.15) is 12.0 Å². The van der Waals surface area contributed by atoms with E-state index in [4.69, 9.17) is 9.15 Å². The molecule has 0 aliphatic heterocycles. The van der Waals surface area contributed by atoms with Crippen LogP contribution in [-0.4, -0.2) is 11.0 Å². The number of carbonyl (C=O) groups is 1. The fourth-order valence-electron chi connectivity index (χ4n) is 0.940. The molecule has 0 atom stereocenters. The zero-order chi connectivity index (χ0) is 10.7. The molecule has 4 nitrogen and oxygen atoms in total. The number of ether oxygens (including phenoxy) is 1. The largest absolute Gasteiger partial charge is 0.472 e. The lowest BCUT2D eigenvalue weighted by atomic mass is 10.3. The van der Waals surface area contributed by atoms with Gasteiger partial charge < -0.3 is 9.15 Å². The normalized spacial score (nSPS) is 9.93. The number of pyridine rings is 1. The molecule has 0 unspecified atom stereocenters. The molecule has 2 aromatic rings. The van der Waals surface area contributed by atoms with Gasteiger partial charge in [0.2, 0.25) is 0 Å². The molecule has 15 heavy (non-hydrogen) atoms. The second-order valence-corrected chi connectivity index (χ2v) is 3.50. The Bertz CT molecular complexity index is 467. The van der Waals surface area contributed by atoms with Gasteiger partial charge in [-0.1, -0.05) is 0 Å². The van der Waals surface area contributed by atoms with Crippen molar-refractivity contribution >= 4 is 21.9 Å². The van der Waals surface area contributed by atoms with Gasteiger partial charge in [0.15, 0.2) is 0 Å². The Morgan fingerprint density at radius 1 is 1.60 bits per heavy atom. The molecule has 2 rings (SSSR count). The van der Waals surface area contributed by atoms with Crippen LogP contribution in [0, 0.1) is 6.20 Å². The summed E-state index contributed by atoms with van der Waals surface area (Å²) < 4.78 is 10.4. The lowest BCUT2D eigenvalue weighted by molar-refractivity contribution is 0.0732. The Kier molecular flexibility index (Phi) is 2.82. The number of nitrogens with zero attached hydrogens (tertiary/aromatic N) is 1. The van der Waals surface area contributed by atoms with Crippen molar-refractivity contribution < 1.29 is 13.9 Å². The molecule has 5 heteroatoms. The first kappa shape index (κ1) is 9.92. The summed E-state index contributed by atoms with van der Waals surface area (Å²) in [5.74, 6) is -0.111. The molecule has 0 aliphatic carbocycles. The number of rotatable bonds is 2. The number of carbonyl (C=O) groups excluding carboxylic acids is 1. The summed E-state index contributed by atoms with van der Waals surface area (Å²) in [4.78, 5) is 15.2. The van der Waals surface area contributed by atoms with Crippen LogP contribution in [0.25, 0.3) is 0 Å². The molecule has 1 radical (unpaired) electrons. The van der Waals surface area contributed by atoms with Gasteiger partial charge in [-0.3, -0.25) is 4.98 Å². The van der Waals surface area contributed by atoms with E-state index in [1.165, 1.54) is 30.9 Å². The van der Waals surface area contributed by atoms with Crippen LogP contribution in [0.4, 0.5) is 0 Å². The van der Waals surface area contributed by atoms with Gasteiger partial charge in [0, 0.05) is 12.3 Å². The Hall–Kier alpha value is -1.62. The second kappa shape index (κ2) is 4.27. The van der Waals surface area contributed by atoms with Crippen molar-refractivity contribution in [3.63, 3.8) is 0 Å². The SMILES string of the molecule is O=C(Oc1c[c]ncc1Br)c1ccoc1.